The Morgan fingerprint density at radius 1 is 1.17 bits per heavy atom. The number of carbonyl (C=O) groups excluding carboxylic acids is 2. The number of rotatable bonds is 3. The molecule has 0 spiro atoms. The van der Waals surface area contributed by atoms with E-state index in [0.717, 1.165) is 20.7 Å². The fourth-order valence-electron chi connectivity index (χ4n) is 2.78. The van der Waals surface area contributed by atoms with E-state index < -0.39 is 5.97 Å². The smallest absolute Gasteiger partial charge is 0.355 e. The SMILES string of the molecule is COC(=O)c1[nH]c2c(-c3cc(Cl)cc(Cl)c3)c(C)sc2c1C(C)=O. The lowest BCUT2D eigenvalue weighted by atomic mass is 10.1. The van der Waals surface area contributed by atoms with Crippen LogP contribution in [0.25, 0.3) is 21.3 Å². The van der Waals surface area contributed by atoms with Gasteiger partial charge in [-0.2, -0.15) is 0 Å². The van der Waals surface area contributed by atoms with Crippen LogP contribution in [0, 0.1) is 6.92 Å². The standard InChI is InChI=1S/C17H13Cl2NO3S/c1-7(21)12-15(17(22)23-3)20-14-13(8(2)24-16(12)14)9-4-10(18)6-11(19)5-9/h4-6,20H,1-3H3. The number of fused-ring (bicyclic) bond motifs is 1. The molecule has 0 atom stereocenters. The van der Waals surface area contributed by atoms with Crippen molar-refractivity contribution in [2.24, 2.45) is 0 Å². The number of hydrogen-bond donors (Lipinski definition) is 1. The summed E-state index contributed by atoms with van der Waals surface area (Å²) in [7, 11) is 1.28. The molecule has 3 aromatic rings. The molecule has 1 N–H and O–H groups in total. The van der Waals surface area contributed by atoms with Gasteiger partial charge in [-0.1, -0.05) is 23.2 Å². The molecule has 3 rings (SSSR count). The second-order valence-corrected chi connectivity index (χ2v) is 7.42. The van der Waals surface area contributed by atoms with Crippen molar-refractivity contribution in [1.82, 2.24) is 4.98 Å². The predicted octanol–water partition coefficient (Wildman–Crippen LogP) is 5.50. The van der Waals surface area contributed by atoms with Crippen LogP contribution in [0.1, 0.15) is 32.6 Å². The lowest BCUT2D eigenvalue weighted by Gasteiger charge is -2.04. The molecule has 0 radical (unpaired) electrons. The monoisotopic (exact) mass is 381 g/mol. The molecule has 0 saturated carbocycles. The van der Waals surface area contributed by atoms with Gasteiger partial charge in [-0.05, 0) is 37.6 Å². The molecular weight excluding hydrogens is 369 g/mol. The topological polar surface area (TPSA) is 59.2 Å². The normalized spacial score (nSPS) is 11.0. The third-order valence-corrected chi connectivity index (χ3v) is 5.26. The third kappa shape index (κ3) is 2.73. The molecule has 0 bridgehead atoms. The summed E-state index contributed by atoms with van der Waals surface area (Å²) in [6.07, 6.45) is 0. The molecule has 1 aromatic carbocycles. The summed E-state index contributed by atoms with van der Waals surface area (Å²) in [5.41, 5.74) is 2.92. The Kier molecular flexibility index (Phi) is 4.42. The number of methoxy groups -OCH3 is 1. The number of benzene rings is 1. The highest BCUT2D eigenvalue weighted by Crippen LogP contribution is 2.42. The van der Waals surface area contributed by atoms with E-state index in [-0.39, 0.29) is 11.5 Å². The van der Waals surface area contributed by atoms with Crippen molar-refractivity contribution < 1.29 is 14.3 Å². The molecular formula is C17H13Cl2NO3S. The maximum absolute atomic E-state index is 12.1. The Morgan fingerprint density at radius 3 is 2.33 bits per heavy atom. The van der Waals surface area contributed by atoms with Crippen LogP contribution < -0.4 is 0 Å². The Balaban J connectivity index is 2.36. The van der Waals surface area contributed by atoms with Gasteiger partial charge in [-0.25, -0.2) is 4.79 Å². The molecule has 124 valence electrons. The number of esters is 1. The van der Waals surface area contributed by atoms with E-state index in [9.17, 15) is 9.59 Å². The molecule has 0 aliphatic rings. The highest BCUT2D eigenvalue weighted by atomic mass is 35.5. The minimum Gasteiger partial charge on any atom is -0.464 e. The number of aryl methyl sites for hydroxylation is 1. The molecule has 2 heterocycles. The lowest BCUT2D eigenvalue weighted by Crippen LogP contribution is -2.07. The summed E-state index contributed by atoms with van der Waals surface area (Å²) in [5.74, 6) is -0.769. The number of hydrogen-bond acceptors (Lipinski definition) is 4. The molecule has 0 amide bonds. The summed E-state index contributed by atoms with van der Waals surface area (Å²) in [5, 5.41) is 1.03. The number of H-pyrrole nitrogens is 1. The Morgan fingerprint density at radius 2 is 1.79 bits per heavy atom. The summed E-state index contributed by atoms with van der Waals surface area (Å²) in [6, 6.07) is 5.25. The van der Waals surface area contributed by atoms with E-state index in [4.69, 9.17) is 27.9 Å². The van der Waals surface area contributed by atoms with Crippen LogP contribution in [-0.2, 0) is 4.74 Å². The first kappa shape index (κ1) is 17.0. The molecule has 0 aliphatic carbocycles. The quantitative estimate of drug-likeness (QED) is 0.481. The van der Waals surface area contributed by atoms with Gasteiger partial charge in [0.1, 0.15) is 5.69 Å². The first-order valence-corrected chi connectivity index (χ1v) is 8.61. The zero-order valence-electron chi connectivity index (χ0n) is 13.1. The summed E-state index contributed by atoms with van der Waals surface area (Å²) < 4.78 is 5.51. The summed E-state index contributed by atoms with van der Waals surface area (Å²) >= 11 is 13.7. The Bertz CT molecular complexity index is 967. The fourth-order valence-corrected chi connectivity index (χ4v) is 4.54. The number of carbonyl (C=O) groups is 2. The van der Waals surface area contributed by atoms with E-state index in [2.05, 4.69) is 4.98 Å². The van der Waals surface area contributed by atoms with Gasteiger partial charge >= 0.3 is 5.97 Å². The number of aromatic nitrogens is 1. The van der Waals surface area contributed by atoms with E-state index in [1.165, 1.54) is 25.4 Å². The minimum absolute atomic E-state index is 0.167. The molecule has 2 aromatic heterocycles. The van der Waals surface area contributed by atoms with E-state index in [0.29, 0.717) is 21.1 Å². The number of Topliss-reactive ketones (excluding diaryl/α,β-unsaturated/α-hetero) is 1. The molecule has 7 heteroatoms. The zero-order chi connectivity index (χ0) is 17.6. The van der Waals surface area contributed by atoms with Gasteiger partial charge in [0, 0.05) is 20.5 Å². The first-order valence-electron chi connectivity index (χ1n) is 7.04. The van der Waals surface area contributed by atoms with E-state index in [1.54, 1.807) is 18.2 Å². The van der Waals surface area contributed by atoms with Gasteiger partial charge < -0.3 is 9.72 Å². The average molecular weight is 382 g/mol. The molecule has 4 nitrogen and oxygen atoms in total. The first-order chi connectivity index (χ1) is 11.3. The minimum atomic E-state index is -0.573. The molecule has 24 heavy (non-hydrogen) atoms. The van der Waals surface area contributed by atoms with Crippen LogP contribution in [0.5, 0.6) is 0 Å². The van der Waals surface area contributed by atoms with Crippen LogP contribution in [-0.4, -0.2) is 23.8 Å². The summed E-state index contributed by atoms with van der Waals surface area (Å²) in [4.78, 5) is 28.1. The predicted molar refractivity (Wildman–Crippen MR) is 97.7 cm³/mol. The van der Waals surface area contributed by atoms with Crippen molar-refractivity contribution in [1.29, 1.82) is 0 Å². The second kappa shape index (κ2) is 6.24. The van der Waals surface area contributed by atoms with Gasteiger partial charge in [0.25, 0.3) is 0 Å². The number of aromatic amines is 1. The van der Waals surface area contributed by atoms with E-state index >= 15 is 0 Å². The van der Waals surface area contributed by atoms with Gasteiger partial charge in [0.2, 0.25) is 0 Å². The van der Waals surface area contributed by atoms with Crippen molar-refractivity contribution in [2.75, 3.05) is 7.11 Å². The third-order valence-electron chi connectivity index (χ3n) is 3.70. The van der Waals surface area contributed by atoms with Crippen LogP contribution >= 0.6 is 34.5 Å². The highest BCUT2D eigenvalue weighted by Gasteiger charge is 2.26. The van der Waals surface area contributed by atoms with Crippen molar-refractivity contribution in [3.05, 3.63) is 44.4 Å². The summed E-state index contributed by atoms with van der Waals surface area (Å²) in [6.45, 7) is 3.38. The highest BCUT2D eigenvalue weighted by molar-refractivity contribution is 7.20. The molecule has 0 saturated heterocycles. The van der Waals surface area contributed by atoms with Crippen molar-refractivity contribution in [3.63, 3.8) is 0 Å². The van der Waals surface area contributed by atoms with Gasteiger partial charge in [0.15, 0.2) is 5.78 Å². The fraction of sp³-hybridized carbons (Fsp3) is 0.176. The maximum Gasteiger partial charge on any atom is 0.355 e. The number of ketones is 1. The number of halogens is 2. The second-order valence-electron chi connectivity index (χ2n) is 5.32. The van der Waals surface area contributed by atoms with Crippen molar-refractivity contribution >= 4 is 56.5 Å². The maximum atomic E-state index is 12.1. The molecule has 0 fully saturated rings. The van der Waals surface area contributed by atoms with Gasteiger partial charge in [-0.15, -0.1) is 11.3 Å². The van der Waals surface area contributed by atoms with Crippen molar-refractivity contribution in [2.45, 2.75) is 13.8 Å². The van der Waals surface area contributed by atoms with Crippen LogP contribution in [0.15, 0.2) is 18.2 Å². The van der Waals surface area contributed by atoms with E-state index in [1.807, 2.05) is 6.92 Å². The molecule has 0 unspecified atom stereocenters. The van der Waals surface area contributed by atoms with Crippen LogP contribution in [0.4, 0.5) is 0 Å². The van der Waals surface area contributed by atoms with Gasteiger partial charge in [0.05, 0.1) is 22.9 Å². The Labute approximate surface area is 152 Å². The largest absolute Gasteiger partial charge is 0.464 e. The Hall–Kier alpha value is -1.82. The number of ether oxygens (including phenoxy) is 1. The van der Waals surface area contributed by atoms with Crippen LogP contribution in [0.2, 0.25) is 10.0 Å². The van der Waals surface area contributed by atoms with Gasteiger partial charge in [-0.3, -0.25) is 4.79 Å². The lowest BCUT2D eigenvalue weighted by molar-refractivity contribution is 0.0591. The zero-order valence-corrected chi connectivity index (χ0v) is 15.4. The average Bonchev–Trinajstić information content (AvgIpc) is 2.99. The van der Waals surface area contributed by atoms with Crippen molar-refractivity contribution in [3.8, 4) is 11.1 Å². The number of nitrogens with one attached hydrogen (secondary N) is 1. The molecule has 0 aliphatic heterocycles. The van der Waals surface area contributed by atoms with Crippen LogP contribution in [0.3, 0.4) is 0 Å². The number of thiophene rings is 1.